The van der Waals surface area contributed by atoms with E-state index in [1.54, 1.807) is 0 Å². The number of hydrogen-bond acceptors (Lipinski definition) is 5. The summed E-state index contributed by atoms with van der Waals surface area (Å²) in [7, 11) is 0. The molecule has 134 valence electrons. The smallest absolute Gasteiger partial charge is 0.147 e. The number of likely N-dealkylation sites (tertiary alicyclic amines) is 1. The Morgan fingerprint density at radius 2 is 1.85 bits per heavy atom. The van der Waals surface area contributed by atoms with E-state index in [-0.39, 0.29) is 0 Å². The molecule has 0 saturated carbocycles. The van der Waals surface area contributed by atoms with Gasteiger partial charge in [0.15, 0.2) is 0 Å². The molecule has 6 heteroatoms. The molecule has 0 bridgehead atoms. The second kappa shape index (κ2) is 6.36. The van der Waals surface area contributed by atoms with E-state index in [9.17, 15) is 0 Å². The lowest BCUT2D eigenvalue weighted by Crippen LogP contribution is -2.52. The van der Waals surface area contributed by atoms with Gasteiger partial charge in [0.2, 0.25) is 0 Å². The third-order valence-corrected chi connectivity index (χ3v) is 6.09. The first-order chi connectivity index (χ1) is 12.8. The Kier molecular flexibility index (Phi) is 3.85. The van der Waals surface area contributed by atoms with Crippen LogP contribution in [0.2, 0.25) is 0 Å². The molecule has 1 aromatic carbocycles. The van der Waals surface area contributed by atoms with Crippen molar-refractivity contribution >= 4 is 16.9 Å². The summed E-state index contributed by atoms with van der Waals surface area (Å²) >= 11 is 0. The van der Waals surface area contributed by atoms with Crippen LogP contribution in [0.15, 0.2) is 42.9 Å². The molecule has 0 atom stereocenters. The fraction of sp³-hybridized carbons (Fsp3) is 0.450. The van der Waals surface area contributed by atoms with E-state index in [0.717, 1.165) is 42.3 Å². The van der Waals surface area contributed by atoms with E-state index in [1.807, 2.05) is 42.9 Å². The molecule has 0 unspecified atom stereocenters. The molecule has 2 aromatic heterocycles. The maximum absolute atomic E-state index is 4.83. The van der Waals surface area contributed by atoms with Crippen molar-refractivity contribution in [2.75, 3.05) is 24.5 Å². The predicted octanol–water partition coefficient (Wildman–Crippen LogP) is 2.99. The zero-order chi connectivity index (χ0) is 17.4. The number of imidazole rings is 1. The number of anilines is 1. The van der Waals surface area contributed by atoms with Gasteiger partial charge in [-0.15, -0.1) is 0 Å². The van der Waals surface area contributed by atoms with Crippen LogP contribution in [0.4, 0.5) is 5.82 Å². The molecule has 0 radical (unpaired) electrons. The number of aromatic nitrogens is 4. The molecule has 6 nitrogen and oxygen atoms in total. The van der Waals surface area contributed by atoms with Crippen molar-refractivity contribution < 1.29 is 0 Å². The van der Waals surface area contributed by atoms with Crippen LogP contribution in [-0.4, -0.2) is 50.0 Å². The molecule has 2 aliphatic rings. The number of hydrogen-bond donors (Lipinski definition) is 1. The van der Waals surface area contributed by atoms with Gasteiger partial charge in [0.1, 0.15) is 11.6 Å². The summed E-state index contributed by atoms with van der Waals surface area (Å²) < 4.78 is 0. The molecular formula is C20H24N6. The standard InChI is InChI=1S/C20H24N6/c1-2-5-17-16(4-1)23-14-19(24-17)25-12-7-20(8-13-25)6-3-11-26(20)15-18-21-9-10-22-18/h1-2,4-5,9-10,14H,3,6-8,11-13,15H2,(H,21,22). The van der Waals surface area contributed by atoms with Gasteiger partial charge >= 0.3 is 0 Å². The molecule has 3 aromatic rings. The molecule has 1 N–H and O–H groups in total. The van der Waals surface area contributed by atoms with Crippen LogP contribution in [0.1, 0.15) is 31.5 Å². The SMILES string of the molecule is c1ccc2nc(N3CCC4(CCCN4Cc4ncc[nH]4)CC3)cnc2c1. The minimum atomic E-state index is 0.327. The Hall–Kier alpha value is -2.47. The second-order valence-corrected chi connectivity index (χ2v) is 7.49. The Bertz CT molecular complexity index is 882. The van der Waals surface area contributed by atoms with Gasteiger partial charge in [-0.2, -0.15) is 0 Å². The second-order valence-electron chi connectivity index (χ2n) is 7.49. The molecule has 0 aliphatic carbocycles. The third kappa shape index (κ3) is 2.74. The van der Waals surface area contributed by atoms with Crippen molar-refractivity contribution in [2.24, 2.45) is 0 Å². The first-order valence-electron chi connectivity index (χ1n) is 9.53. The molecule has 26 heavy (non-hydrogen) atoms. The number of benzene rings is 1. The molecule has 4 heterocycles. The number of para-hydroxylation sites is 2. The monoisotopic (exact) mass is 348 g/mol. The first kappa shape index (κ1) is 15.8. The number of aromatic amines is 1. The van der Waals surface area contributed by atoms with E-state index in [1.165, 1.54) is 32.2 Å². The molecule has 1 spiro atoms. The first-order valence-corrected chi connectivity index (χ1v) is 9.53. The highest BCUT2D eigenvalue weighted by Crippen LogP contribution is 2.39. The Balaban J connectivity index is 1.31. The fourth-order valence-corrected chi connectivity index (χ4v) is 4.62. The van der Waals surface area contributed by atoms with Gasteiger partial charge in [0.05, 0.1) is 23.8 Å². The molecule has 5 rings (SSSR count). The predicted molar refractivity (Wildman–Crippen MR) is 102 cm³/mol. The Morgan fingerprint density at radius 1 is 1.00 bits per heavy atom. The van der Waals surface area contributed by atoms with Crippen molar-refractivity contribution in [1.29, 1.82) is 0 Å². The zero-order valence-electron chi connectivity index (χ0n) is 14.9. The molecule has 2 fully saturated rings. The van der Waals surface area contributed by atoms with Crippen molar-refractivity contribution in [1.82, 2.24) is 24.8 Å². The summed E-state index contributed by atoms with van der Waals surface area (Å²) in [5.74, 6) is 2.09. The topological polar surface area (TPSA) is 60.9 Å². The average Bonchev–Trinajstić information content (AvgIpc) is 3.33. The highest BCUT2D eigenvalue weighted by Gasteiger charge is 2.43. The Morgan fingerprint density at radius 3 is 2.65 bits per heavy atom. The highest BCUT2D eigenvalue weighted by atomic mass is 15.3. The minimum absolute atomic E-state index is 0.327. The lowest BCUT2D eigenvalue weighted by Gasteiger charge is -2.45. The quantitative estimate of drug-likeness (QED) is 0.788. The lowest BCUT2D eigenvalue weighted by molar-refractivity contribution is 0.0971. The van der Waals surface area contributed by atoms with Crippen LogP contribution in [0.25, 0.3) is 11.0 Å². The van der Waals surface area contributed by atoms with Crippen LogP contribution < -0.4 is 4.90 Å². The summed E-state index contributed by atoms with van der Waals surface area (Å²) in [6.07, 6.45) is 10.6. The van der Waals surface area contributed by atoms with E-state index < -0.39 is 0 Å². The van der Waals surface area contributed by atoms with E-state index >= 15 is 0 Å². The number of fused-ring (bicyclic) bond motifs is 1. The van der Waals surface area contributed by atoms with Crippen molar-refractivity contribution in [2.45, 2.75) is 37.8 Å². The van der Waals surface area contributed by atoms with Gasteiger partial charge in [-0.05, 0) is 44.4 Å². The number of H-pyrrole nitrogens is 1. The van der Waals surface area contributed by atoms with Crippen LogP contribution in [0.5, 0.6) is 0 Å². The van der Waals surface area contributed by atoms with Crippen LogP contribution >= 0.6 is 0 Å². The molecule has 2 aliphatic heterocycles. The van der Waals surface area contributed by atoms with E-state index in [2.05, 4.69) is 24.8 Å². The average molecular weight is 348 g/mol. The molecule has 0 amide bonds. The fourth-order valence-electron chi connectivity index (χ4n) is 4.62. The summed E-state index contributed by atoms with van der Waals surface area (Å²) in [5.41, 5.74) is 2.27. The number of rotatable bonds is 3. The van der Waals surface area contributed by atoms with Gasteiger partial charge in [-0.3, -0.25) is 9.88 Å². The highest BCUT2D eigenvalue weighted by molar-refractivity contribution is 5.75. The van der Waals surface area contributed by atoms with Crippen LogP contribution in [0.3, 0.4) is 0 Å². The van der Waals surface area contributed by atoms with E-state index in [0.29, 0.717) is 5.54 Å². The van der Waals surface area contributed by atoms with Gasteiger partial charge in [-0.25, -0.2) is 9.97 Å². The third-order valence-electron chi connectivity index (χ3n) is 6.09. The number of nitrogens with one attached hydrogen (secondary N) is 1. The van der Waals surface area contributed by atoms with Gasteiger partial charge in [0.25, 0.3) is 0 Å². The van der Waals surface area contributed by atoms with Gasteiger partial charge < -0.3 is 9.88 Å². The maximum Gasteiger partial charge on any atom is 0.147 e. The van der Waals surface area contributed by atoms with Crippen molar-refractivity contribution in [3.63, 3.8) is 0 Å². The summed E-state index contributed by atoms with van der Waals surface area (Å²) in [5, 5.41) is 0. The van der Waals surface area contributed by atoms with Crippen molar-refractivity contribution in [3.05, 3.63) is 48.7 Å². The van der Waals surface area contributed by atoms with Crippen LogP contribution in [-0.2, 0) is 6.54 Å². The Labute approximate surface area is 153 Å². The zero-order valence-corrected chi connectivity index (χ0v) is 14.9. The van der Waals surface area contributed by atoms with E-state index in [4.69, 9.17) is 4.98 Å². The summed E-state index contributed by atoms with van der Waals surface area (Å²) in [6, 6.07) is 8.09. The summed E-state index contributed by atoms with van der Waals surface area (Å²) in [4.78, 5) is 22.1. The number of piperidine rings is 1. The molecular weight excluding hydrogens is 324 g/mol. The minimum Gasteiger partial charge on any atom is -0.355 e. The largest absolute Gasteiger partial charge is 0.355 e. The van der Waals surface area contributed by atoms with Crippen LogP contribution in [0, 0.1) is 0 Å². The molecule has 2 saturated heterocycles. The number of nitrogens with zero attached hydrogens (tertiary/aromatic N) is 5. The van der Waals surface area contributed by atoms with Crippen molar-refractivity contribution in [3.8, 4) is 0 Å². The lowest BCUT2D eigenvalue weighted by atomic mass is 9.85. The van der Waals surface area contributed by atoms with Gasteiger partial charge in [-0.1, -0.05) is 12.1 Å². The van der Waals surface area contributed by atoms with Gasteiger partial charge in [0, 0.05) is 31.0 Å². The summed E-state index contributed by atoms with van der Waals surface area (Å²) in [6.45, 7) is 4.20. The maximum atomic E-state index is 4.83. The normalized spacial score (nSPS) is 20.2.